The van der Waals surface area contributed by atoms with Crippen LogP contribution in [-0.4, -0.2) is 19.0 Å². The molecular weight excluding hydrogens is 989 g/mol. The van der Waals surface area contributed by atoms with Crippen molar-refractivity contribution in [3.05, 3.63) is 139 Å². The summed E-state index contributed by atoms with van der Waals surface area (Å²) in [6, 6.07) is 37.2. The Morgan fingerprint density at radius 2 is 0.538 bits per heavy atom. The molecule has 326 valence electrons. The van der Waals surface area contributed by atoms with E-state index in [2.05, 4.69) is 125 Å². The van der Waals surface area contributed by atoms with Crippen LogP contribution in [0.2, 0.25) is 0 Å². The Labute approximate surface area is 419 Å². The minimum atomic E-state index is -0.648. The monoisotopic (exact) mass is 1030 g/mol. The molecule has 0 aromatic carbocycles. The van der Waals surface area contributed by atoms with Gasteiger partial charge in [-0.2, -0.15) is 0 Å². The van der Waals surface area contributed by atoms with E-state index in [0.717, 1.165) is 25.7 Å². The first-order valence-electron chi connectivity index (χ1n) is 22.0. The van der Waals surface area contributed by atoms with E-state index in [9.17, 15) is 0 Å². The highest BCUT2D eigenvalue weighted by molar-refractivity contribution is 7.31. The summed E-state index contributed by atoms with van der Waals surface area (Å²) in [5.41, 5.74) is 6.09. The average molecular weight is 1030 g/mol. The Morgan fingerprint density at radius 3 is 0.785 bits per heavy atom. The van der Waals surface area contributed by atoms with E-state index in [-0.39, 0.29) is 11.8 Å². The van der Waals surface area contributed by atoms with Gasteiger partial charge >= 0.3 is 0 Å². The predicted molar refractivity (Wildman–Crippen MR) is 291 cm³/mol. The van der Waals surface area contributed by atoms with Gasteiger partial charge < -0.3 is 9.47 Å². The molecular formula is C53H42O2S10. The summed E-state index contributed by atoms with van der Waals surface area (Å²) in [6.45, 7) is 10.1. The lowest BCUT2D eigenvalue weighted by atomic mass is 9.82. The van der Waals surface area contributed by atoms with E-state index in [0.29, 0.717) is 13.2 Å². The highest BCUT2D eigenvalue weighted by Crippen LogP contribution is 2.59. The van der Waals surface area contributed by atoms with Crippen LogP contribution < -0.4 is 0 Å². The van der Waals surface area contributed by atoms with Crippen molar-refractivity contribution in [3.8, 4) is 78.0 Å². The molecule has 11 heterocycles. The second kappa shape index (κ2) is 16.6. The summed E-state index contributed by atoms with van der Waals surface area (Å²) >= 11 is 19.5. The largest absolute Gasteiger partial charge is 0.347 e. The molecule has 0 N–H and O–H groups in total. The normalized spacial score (nSPS) is 17.8. The molecule has 3 aliphatic rings. The highest BCUT2D eigenvalue weighted by atomic mass is 32.1. The molecule has 1 saturated heterocycles. The van der Waals surface area contributed by atoms with Gasteiger partial charge in [-0.05, 0) is 173 Å². The lowest BCUT2D eigenvalue weighted by molar-refractivity contribution is -0.227. The number of thiophene rings is 10. The number of rotatable bonds is 8. The first-order chi connectivity index (χ1) is 31.7. The summed E-state index contributed by atoms with van der Waals surface area (Å²) in [5.74, 6) is -0.315. The average Bonchev–Trinajstić information content (AvgIpc) is 4.12. The molecule has 0 saturated carbocycles. The van der Waals surface area contributed by atoms with Gasteiger partial charge in [0.15, 0.2) is 5.79 Å². The molecule has 1 spiro atoms. The lowest BCUT2D eigenvalue weighted by Gasteiger charge is -2.39. The van der Waals surface area contributed by atoms with Gasteiger partial charge in [0.25, 0.3) is 0 Å². The lowest BCUT2D eigenvalue weighted by Crippen LogP contribution is -2.47. The van der Waals surface area contributed by atoms with Crippen molar-refractivity contribution in [2.75, 3.05) is 13.2 Å². The van der Waals surface area contributed by atoms with E-state index in [1.54, 1.807) is 0 Å². The molecule has 65 heavy (non-hydrogen) atoms. The second-order valence-electron chi connectivity index (χ2n) is 17.4. The first kappa shape index (κ1) is 42.1. The van der Waals surface area contributed by atoms with E-state index in [4.69, 9.17) is 9.47 Å². The van der Waals surface area contributed by atoms with Crippen LogP contribution in [0.3, 0.4) is 0 Å². The topological polar surface area (TPSA) is 18.5 Å². The third-order valence-electron chi connectivity index (χ3n) is 13.2. The maximum atomic E-state index is 7.15. The fraction of sp³-hybridized carbons (Fsp3) is 0.245. The molecule has 10 aromatic rings. The van der Waals surface area contributed by atoms with Crippen LogP contribution in [0.15, 0.2) is 97.1 Å². The summed E-state index contributed by atoms with van der Waals surface area (Å²) in [7, 11) is 0. The number of fused-ring (bicyclic) bond motifs is 2. The molecule has 10 aromatic heterocycles. The predicted octanol–water partition coefficient (Wildman–Crippen LogP) is 18.7. The molecule has 2 aliphatic carbocycles. The molecule has 1 aliphatic heterocycles. The van der Waals surface area contributed by atoms with Gasteiger partial charge in [0.1, 0.15) is 0 Å². The zero-order valence-corrected chi connectivity index (χ0v) is 44.2. The van der Waals surface area contributed by atoms with E-state index < -0.39 is 5.79 Å². The summed E-state index contributed by atoms with van der Waals surface area (Å²) in [4.78, 5) is 27.6. The SMILES string of the molecule is Cc1ccc(-c2ccc(-c3sc(-c4ccc(-c5ccc(C)s5)s4)c4c3CC3Cc5c(-c6ccc(-c7ccc(C)s7)s6)sc(-c6ccc(-c7ccc(C)s7)s6)c5CC(C4)C34OCCO4)s2)s1. The summed E-state index contributed by atoms with van der Waals surface area (Å²) < 4.78 is 14.3. The van der Waals surface area contributed by atoms with Crippen LogP contribution in [-0.2, 0) is 35.2 Å². The molecule has 13 rings (SSSR count). The Hall–Kier alpha value is -3.08. The van der Waals surface area contributed by atoms with Crippen LogP contribution in [0.25, 0.3) is 78.0 Å². The Kier molecular flexibility index (Phi) is 10.7. The number of hydrogen-bond acceptors (Lipinski definition) is 12. The molecule has 0 unspecified atom stereocenters. The highest BCUT2D eigenvalue weighted by Gasteiger charge is 2.55. The Balaban J connectivity index is 0.976. The van der Waals surface area contributed by atoms with Gasteiger partial charge in [0.05, 0.1) is 13.2 Å². The van der Waals surface area contributed by atoms with Crippen molar-refractivity contribution in [3.63, 3.8) is 0 Å². The van der Waals surface area contributed by atoms with Crippen molar-refractivity contribution in [2.45, 2.75) is 59.2 Å². The van der Waals surface area contributed by atoms with E-state index >= 15 is 0 Å². The van der Waals surface area contributed by atoms with Crippen molar-refractivity contribution in [1.29, 1.82) is 0 Å². The van der Waals surface area contributed by atoms with Gasteiger partial charge in [0.2, 0.25) is 0 Å². The molecule has 12 heteroatoms. The molecule has 0 amide bonds. The summed E-state index contributed by atoms with van der Waals surface area (Å²) in [5, 5.41) is 0. The third-order valence-corrected chi connectivity index (χ3v) is 25.6. The molecule has 0 atom stereocenters. The van der Waals surface area contributed by atoms with Crippen molar-refractivity contribution >= 4 is 113 Å². The molecule has 0 radical (unpaired) electrons. The van der Waals surface area contributed by atoms with Crippen LogP contribution in [0.5, 0.6) is 0 Å². The molecule has 2 bridgehead atoms. The number of hydrogen-bond donors (Lipinski definition) is 0. The quantitative estimate of drug-likeness (QED) is 0.151. The number of aryl methyl sites for hydroxylation is 4. The Bertz CT molecular complexity index is 2960. The van der Waals surface area contributed by atoms with Crippen LogP contribution >= 0.6 is 113 Å². The fourth-order valence-electron chi connectivity index (χ4n) is 10.2. The van der Waals surface area contributed by atoms with Gasteiger partial charge in [-0.3, -0.25) is 0 Å². The smallest absolute Gasteiger partial charge is 0.175 e. The Morgan fingerprint density at radius 1 is 0.308 bits per heavy atom. The van der Waals surface area contributed by atoms with Gasteiger partial charge in [-0.1, -0.05) is 0 Å². The number of ether oxygens (including phenoxy) is 2. The summed E-state index contributed by atoms with van der Waals surface area (Å²) in [6.07, 6.45) is 3.72. The van der Waals surface area contributed by atoms with Crippen LogP contribution in [0, 0.1) is 39.5 Å². The van der Waals surface area contributed by atoms with Crippen molar-refractivity contribution in [2.24, 2.45) is 11.8 Å². The zero-order valence-electron chi connectivity index (χ0n) is 36.0. The fourth-order valence-corrected chi connectivity index (χ4v) is 21.4. The molecule has 1 fully saturated rings. The van der Waals surface area contributed by atoms with Crippen LogP contribution in [0.4, 0.5) is 0 Å². The van der Waals surface area contributed by atoms with E-state index in [1.807, 2.05) is 113 Å². The zero-order chi connectivity index (χ0) is 43.6. The minimum absolute atomic E-state index is 0.166. The van der Waals surface area contributed by atoms with Crippen molar-refractivity contribution < 1.29 is 9.47 Å². The minimum Gasteiger partial charge on any atom is -0.347 e. The third kappa shape index (κ3) is 7.32. The van der Waals surface area contributed by atoms with Crippen molar-refractivity contribution in [1.82, 2.24) is 0 Å². The first-order valence-corrected chi connectivity index (χ1v) is 30.1. The maximum Gasteiger partial charge on any atom is 0.175 e. The standard InChI is InChI=1S/C53H42O2S10/c1-27-5-9-37(56-27)41-13-17-45(60-41)49-33-23-31-25-35-36(26-32(53(31)54-21-22-55-53)24-34(33)50(64-49)46-18-14-42(61-46)38-10-6-28(2)57-38)52(48-20-16-44(63-48)40-12-8-30(4)59-40)65-51(35)47-19-15-43(62-47)39-11-7-29(3)58-39/h5-20,31-32H,21-26H2,1-4H3. The van der Waals surface area contributed by atoms with Crippen LogP contribution in [0.1, 0.15) is 41.8 Å². The maximum absolute atomic E-state index is 7.15. The van der Waals surface area contributed by atoms with Gasteiger partial charge in [-0.25, -0.2) is 0 Å². The van der Waals surface area contributed by atoms with E-state index in [1.165, 1.54) is 120 Å². The molecule has 2 nitrogen and oxygen atoms in total. The second-order valence-corrected chi connectivity index (χ2v) is 28.9. The van der Waals surface area contributed by atoms with Gasteiger partial charge in [-0.15, -0.1) is 113 Å². The van der Waals surface area contributed by atoms with Gasteiger partial charge in [0, 0.05) is 109 Å².